The monoisotopic (exact) mass is 240 g/mol. The maximum Gasteiger partial charge on any atom is 1.00 e. The Morgan fingerprint density at radius 1 is 1.33 bits per heavy atom. The van der Waals surface area contributed by atoms with Gasteiger partial charge in [-0.2, -0.15) is 0 Å². The zero-order chi connectivity index (χ0) is 10.9. The van der Waals surface area contributed by atoms with Gasteiger partial charge >= 0.3 is 35.5 Å². The van der Waals surface area contributed by atoms with Crippen LogP contribution in [0.4, 0.5) is 0 Å². The molecule has 0 fully saturated rings. The fourth-order valence-electron chi connectivity index (χ4n) is 0.895. The molecule has 1 aromatic rings. The first kappa shape index (κ1) is 14.4. The molecule has 1 aromatic carbocycles. The summed E-state index contributed by atoms with van der Waals surface area (Å²) in [6.07, 6.45) is 0. The summed E-state index contributed by atoms with van der Waals surface area (Å²) in [5.41, 5.74) is -0.655. The molecule has 0 saturated carbocycles. The van der Waals surface area contributed by atoms with Crippen molar-refractivity contribution < 1.29 is 57.5 Å². The summed E-state index contributed by atoms with van der Waals surface area (Å²) in [6, 6.07) is 2.44. The van der Waals surface area contributed by atoms with Crippen LogP contribution >= 0.6 is 0 Å². The van der Waals surface area contributed by atoms with Crippen molar-refractivity contribution in [2.24, 2.45) is 0 Å². The Morgan fingerprint density at radius 3 is 2.27 bits per heavy atom. The quantitative estimate of drug-likeness (QED) is 0.420. The van der Waals surface area contributed by atoms with Crippen LogP contribution in [0.1, 0.15) is 10.4 Å². The predicted molar refractivity (Wildman–Crippen MR) is 43.0 cm³/mol. The Hall–Kier alpha value is -0.600. The molecule has 0 aliphatic heterocycles. The molecule has 15 heavy (non-hydrogen) atoms. The number of phenolic OH excluding ortho intramolecular Hbond substituents is 1. The number of aromatic carboxylic acids is 1. The van der Waals surface area contributed by atoms with Gasteiger partial charge < -0.3 is 14.8 Å². The Labute approximate surface area is 108 Å². The van der Waals surface area contributed by atoms with Crippen LogP contribution in [0.25, 0.3) is 0 Å². The maximum atomic E-state index is 10.6. The van der Waals surface area contributed by atoms with Gasteiger partial charge in [-0.15, -0.1) is 0 Å². The molecule has 0 aromatic heterocycles. The minimum Gasteiger partial charge on any atom is -0.744 e. The van der Waals surface area contributed by atoms with Gasteiger partial charge in [-0.1, -0.05) is 0 Å². The van der Waals surface area contributed by atoms with Crippen LogP contribution in [0.3, 0.4) is 0 Å². The van der Waals surface area contributed by atoms with Gasteiger partial charge in [0.25, 0.3) is 0 Å². The summed E-state index contributed by atoms with van der Waals surface area (Å²) in [7, 11) is -4.89. The van der Waals surface area contributed by atoms with Gasteiger partial charge in [0.1, 0.15) is 15.9 Å². The summed E-state index contributed by atoms with van der Waals surface area (Å²) >= 11 is 0. The van der Waals surface area contributed by atoms with Crippen molar-refractivity contribution in [1.82, 2.24) is 0 Å². The summed E-state index contributed by atoms with van der Waals surface area (Å²) in [4.78, 5) is 9.55. The molecule has 6 nitrogen and oxygen atoms in total. The standard InChI is InChI=1S/C7H6O6S.Na/c8-4-1-2-5(7(9)10)6(3-4)14(11,12)13;/h1-3,8H,(H,9,10)(H,11,12,13);/q;+1/p-1. The van der Waals surface area contributed by atoms with Gasteiger partial charge in [-0.3, -0.25) is 0 Å². The summed E-state index contributed by atoms with van der Waals surface area (Å²) < 4.78 is 31.7. The molecule has 0 unspecified atom stereocenters. The van der Waals surface area contributed by atoms with Crippen molar-refractivity contribution in [3.63, 3.8) is 0 Å². The number of carbonyl (C=O) groups is 1. The molecule has 0 aliphatic carbocycles. The van der Waals surface area contributed by atoms with Crippen LogP contribution in [0.5, 0.6) is 5.75 Å². The number of benzene rings is 1. The van der Waals surface area contributed by atoms with E-state index in [1.54, 1.807) is 0 Å². The normalized spacial score (nSPS) is 10.5. The van der Waals surface area contributed by atoms with Crippen LogP contribution < -0.4 is 29.6 Å². The van der Waals surface area contributed by atoms with Gasteiger partial charge in [0.2, 0.25) is 0 Å². The van der Waals surface area contributed by atoms with Crippen molar-refractivity contribution in [3.8, 4) is 5.75 Å². The number of hydrogen-bond acceptors (Lipinski definition) is 5. The zero-order valence-electron chi connectivity index (χ0n) is 7.67. The van der Waals surface area contributed by atoms with Crippen LogP contribution in [0, 0.1) is 0 Å². The van der Waals surface area contributed by atoms with Crippen LogP contribution in [-0.4, -0.2) is 29.2 Å². The van der Waals surface area contributed by atoms with Crippen molar-refractivity contribution >= 4 is 16.1 Å². The predicted octanol–water partition coefficient (Wildman–Crippen LogP) is -3.00. The van der Waals surface area contributed by atoms with Gasteiger partial charge in [-0.25, -0.2) is 13.2 Å². The average molecular weight is 240 g/mol. The van der Waals surface area contributed by atoms with E-state index in [2.05, 4.69) is 0 Å². The van der Waals surface area contributed by atoms with Gasteiger partial charge in [0, 0.05) is 0 Å². The first-order valence-electron chi connectivity index (χ1n) is 3.34. The number of rotatable bonds is 2. The van der Waals surface area contributed by atoms with E-state index in [4.69, 9.17) is 10.2 Å². The molecule has 8 heteroatoms. The molecular weight excluding hydrogens is 235 g/mol. The number of hydrogen-bond donors (Lipinski definition) is 2. The SMILES string of the molecule is O=C(O)c1ccc(O)cc1S(=O)(=O)[O-].[Na+]. The van der Waals surface area contributed by atoms with E-state index in [1.165, 1.54) is 0 Å². The number of carboxylic acids is 1. The summed E-state index contributed by atoms with van der Waals surface area (Å²) in [5.74, 6) is -2.02. The van der Waals surface area contributed by atoms with Gasteiger partial charge in [0.05, 0.1) is 10.5 Å². The molecular formula is C7H5NaO6S. The van der Waals surface area contributed by atoms with Crippen molar-refractivity contribution in [2.45, 2.75) is 4.90 Å². The van der Waals surface area contributed by atoms with E-state index in [1.807, 2.05) is 0 Å². The number of carboxylic acid groups (broad SMARTS) is 1. The second kappa shape index (κ2) is 4.95. The van der Waals surface area contributed by atoms with Crippen LogP contribution in [-0.2, 0) is 10.1 Å². The molecule has 0 radical (unpaired) electrons. The van der Waals surface area contributed by atoms with E-state index >= 15 is 0 Å². The maximum absolute atomic E-state index is 10.6. The van der Waals surface area contributed by atoms with E-state index in [0.717, 1.165) is 12.1 Å². The summed E-state index contributed by atoms with van der Waals surface area (Å²) in [5, 5.41) is 17.4. The third kappa shape index (κ3) is 3.47. The molecule has 1 rings (SSSR count). The fraction of sp³-hybridized carbons (Fsp3) is 0. The van der Waals surface area contributed by atoms with Crippen molar-refractivity contribution in [2.75, 3.05) is 0 Å². The third-order valence-electron chi connectivity index (χ3n) is 1.46. The molecule has 0 aliphatic rings. The number of aromatic hydroxyl groups is 1. The molecule has 0 saturated heterocycles. The minimum absolute atomic E-state index is 0. The molecule has 0 atom stereocenters. The van der Waals surface area contributed by atoms with E-state index in [0.29, 0.717) is 6.07 Å². The molecule has 76 valence electrons. The fourth-order valence-corrected chi connectivity index (χ4v) is 1.58. The first-order chi connectivity index (χ1) is 6.32. The van der Waals surface area contributed by atoms with E-state index < -0.39 is 32.3 Å². The Balaban J connectivity index is 0.00000196. The summed E-state index contributed by atoms with van der Waals surface area (Å²) in [6.45, 7) is 0. The van der Waals surface area contributed by atoms with Gasteiger partial charge in [0.15, 0.2) is 0 Å². The number of phenols is 1. The second-order valence-corrected chi connectivity index (χ2v) is 3.79. The second-order valence-electron chi connectivity index (χ2n) is 2.44. The molecule has 0 spiro atoms. The molecule has 0 bridgehead atoms. The van der Waals surface area contributed by atoms with Crippen LogP contribution in [0.15, 0.2) is 23.1 Å². The Morgan fingerprint density at radius 2 is 1.87 bits per heavy atom. The topological polar surface area (TPSA) is 115 Å². The van der Waals surface area contributed by atoms with Crippen molar-refractivity contribution in [3.05, 3.63) is 23.8 Å². The molecule has 0 heterocycles. The minimum atomic E-state index is -4.89. The zero-order valence-corrected chi connectivity index (χ0v) is 10.5. The molecule has 2 N–H and O–H groups in total. The molecule has 0 amide bonds. The van der Waals surface area contributed by atoms with Crippen LogP contribution in [0.2, 0.25) is 0 Å². The Kier molecular flexibility index (Phi) is 4.75. The smallest absolute Gasteiger partial charge is 0.744 e. The third-order valence-corrected chi connectivity index (χ3v) is 2.34. The largest absolute Gasteiger partial charge is 1.00 e. The first-order valence-corrected chi connectivity index (χ1v) is 4.75. The van der Waals surface area contributed by atoms with Crippen molar-refractivity contribution in [1.29, 1.82) is 0 Å². The van der Waals surface area contributed by atoms with Gasteiger partial charge in [-0.05, 0) is 18.2 Å². The average Bonchev–Trinajstić information content (AvgIpc) is 2.01. The van der Waals surface area contributed by atoms with E-state index in [9.17, 15) is 17.8 Å². The van der Waals surface area contributed by atoms with E-state index in [-0.39, 0.29) is 29.6 Å². The Bertz CT molecular complexity index is 480.